The maximum Gasteiger partial charge on any atom is 0.451 e. The highest BCUT2D eigenvalue weighted by molar-refractivity contribution is 7.88. The second kappa shape index (κ2) is 8.62. The van der Waals surface area contributed by atoms with Crippen molar-refractivity contribution in [2.24, 2.45) is 11.3 Å². The van der Waals surface area contributed by atoms with Crippen LogP contribution in [0.3, 0.4) is 0 Å². The van der Waals surface area contributed by atoms with E-state index in [-0.39, 0.29) is 17.2 Å². The molecule has 11 heteroatoms. The molecule has 0 bridgehead atoms. The average Bonchev–Trinajstić information content (AvgIpc) is 2.69. The van der Waals surface area contributed by atoms with Crippen LogP contribution < -0.4 is 9.80 Å². The van der Waals surface area contributed by atoms with Crippen molar-refractivity contribution >= 4 is 21.7 Å². The van der Waals surface area contributed by atoms with Gasteiger partial charge in [0.15, 0.2) is 0 Å². The van der Waals surface area contributed by atoms with Crippen molar-refractivity contribution in [3.63, 3.8) is 0 Å². The van der Waals surface area contributed by atoms with Crippen LogP contribution >= 0.6 is 0 Å². The monoisotopic (exact) mass is 475 g/mol. The molecule has 1 spiro atoms. The van der Waals surface area contributed by atoms with Gasteiger partial charge in [0.05, 0.1) is 6.26 Å². The van der Waals surface area contributed by atoms with E-state index in [0.717, 1.165) is 38.5 Å². The Hall–Kier alpha value is -1.62. The Labute approximate surface area is 188 Å². The summed E-state index contributed by atoms with van der Waals surface area (Å²) in [6, 6.07) is 1.66. The summed E-state index contributed by atoms with van der Waals surface area (Å²) in [5.41, 5.74) is 0.187. The molecule has 0 radical (unpaired) electrons. The zero-order chi connectivity index (χ0) is 23.1. The number of halogens is 3. The first-order chi connectivity index (χ1) is 15.0. The molecule has 2 saturated heterocycles. The van der Waals surface area contributed by atoms with Gasteiger partial charge in [-0.3, -0.25) is 0 Å². The van der Waals surface area contributed by atoms with Crippen LogP contribution in [0.25, 0.3) is 0 Å². The largest absolute Gasteiger partial charge is 0.451 e. The number of hydrogen-bond acceptors (Lipinski definition) is 6. The Morgan fingerprint density at radius 2 is 1.78 bits per heavy atom. The molecule has 0 unspecified atom stereocenters. The Kier molecular flexibility index (Phi) is 6.34. The van der Waals surface area contributed by atoms with Gasteiger partial charge in [-0.2, -0.15) is 13.2 Å². The molecular weight excluding hydrogens is 443 g/mol. The Morgan fingerprint density at radius 3 is 2.41 bits per heavy atom. The summed E-state index contributed by atoms with van der Waals surface area (Å²) in [6.45, 7) is 2.63. The summed E-state index contributed by atoms with van der Waals surface area (Å²) in [7, 11) is -1.52. The third-order valence-electron chi connectivity index (χ3n) is 7.17. The predicted octanol–water partition coefficient (Wildman–Crippen LogP) is 3.37. The van der Waals surface area contributed by atoms with E-state index in [1.165, 1.54) is 23.6 Å². The van der Waals surface area contributed by atoms with Gasteiger partial charge >= 0.3 is 6.18 Å². The molecule has 0 N–H and O–H groups in total. The number of piperidine rings is 1. The van der Waals surface area contributed by atoms with Crippen LogP contribution in [0.1, 0.15) is 50.8 Å². The molecular formula is C21H32F3N5O2S. The minimum absolute atomic E-state index is 0.0583. The second-order valence-corrected chi connectivity index (χ2v) is 11.8. The molecule has 4 rings (SSSR count). The van der Waals surface area contributed by atoms with Crippen molar-refractivity contribution in [3.05, 3.63) is 11.9 Å². The van der Waals surface area contributed by atoms with Crippen molar-refractivity contribution in [2.45, 2.75) is 51.1 Å². The molecule has 1 aliphatic carbocycles. The van der Waals surface area contributed by atoms with E-state index in [0.29, 0.717) is 32.0 Å². The van der Waals surface area contributed by atoms with Crippen molar-refractivity contribution < 1.29 is 21.6 Å². The zero-order valence-corrected chi connectivity index (χ0v) is 19.6. The SMILES string of the molecule is CN(CC1CN(S(C)(=O)=O)C1)c1cc(N2CCCC3(CCCCC3)C2)nc(C(F)(F)F)n1. The Balaban J connectivity index is 1.53. The van der Waals surface area contributed by atoms with Gasteiger partial charge in [-0.25, -0.2) is 22.7 Å². The lowest BCUT2D eigenvalue weighted by Gasteiger charge is -2.46. The molecule has 1 aromatic rings. The quantitative estimate of drug-likeness (QED) is 0.651. The van der Waals surface area contributed by atoms with Gasteiger partial charge < -0.3 is 9.80 Å². The standard InChI is InChI=1S/C21H32F3N5O2S/c1-27(12-16-13-29(14-16)32(2,30)31)17-11-18(26-19(25-17)21(22,23)24)28-10-6-9-20(15-28)7-4-3-5-8-20/h11,16H,3-10,12-15H2,1-2H3. The van der Waals surface area contributed by atoms with Gasteiger partial charge in [0.2, 0.25) is 15.8 Å². The zero-order valence-electron chi connectivity index (χ0n) is 18.7. The van der Waals surface area contributed by atoms with Crippen LogP contribution in [-0.2, 0) is 16.2 Å². The molecule has 3 heterocycles. The molecule has 3 aliphatic rings. The van der Waals surface area contributed by atoms with E-state index in [4.69, 9.17) is 0 Å². The summed E-state index contributed by atoms with van der Waals surface area (Å²) >= 11 is 0. The van der Waals surface area contributed by atoms with Crippen molar-refractivity contribution in [1.82, 2.24) is 14.3 Å². The van der Waals surface area contributed by atoms with E-state index in [1.807, 2.05) is 4.90 Å². The topological polar surface area (TPSA) is 69.6 Å². The summed E-state index contributed by atoms with van der Waals surface area (Å²) < 4.78 is 65.4. The Morgan fingerprint density at radius 1 is 1.12 bits per heavy atom. The first-order valence-corrected chi connectivity index (χ1v) is 13.2. The van der Waals surface area contributed by atoms with Gasteiger partial charge in [0.25, 0.3) is 0 Å². The number of aromatic nitrogens is 2. The predicted molar refractivity (Wildman–Crippen MR) is 117 cm³/mol. The second-order valence-electron chi connectivity index (χ2n) is 9.82. The fourth-order valence-corrected chi connectivity index (χ4v) is 6.37. The van der Waals surface area contributed by atoms with Crippen LogP contribution in [0.15, 0.2) is 6.07 Å². The first-order valence-electron chi connectivity index (χ1n) is 11.3. The van der Waals surface area contributed by atoms with Crippen LogP contribution in [0.4, 0.5) is 24.8 Å². The Bertz CT molecular complexity index is 922. The lowest BCUT2D eigenvalue weighted by Crippen LogP contribution is -2.53. The molecule has 0 amide bonds. The van der Waals surface area contributed by atoms with Crippen LogP contribution in [0.2, 0.25) is 0 Å². The number of nitrogens with zero attached hydrogens (tertiary/aromatic N) is 5. The van der Waals surface area contributed by atoms with E-state index in [2.05, 4.69) is 9.97 Å². The van der Waals surface area contributed by atoms with E-state index >= 15 is 0 Å². The molecule has 180 valence electrons. The summed E-state index contributed by atoms with van der Waals surface area (Å²) in [6.07, 6.45) is 4.49. The highest BCUT2D eigenvalue weighted by Crippen LogP contribution is 2.44. The van der Waals surface area contributed by atoms with Crippen molar-refractivity contribution in [2.75, 3.05) is 55.8 Å². The van der Waals surface area contributed by atoms with Crippen molar-refractivity contribution in [3.8, 4) is 0 Å². The normalized spacial score (nSPS) is 22.7. The minimum Gasteiger partial charge on any atom is -0.359 e. The lowest BCUT2D eigenvalue weighted by molar-refractivity contribution is -0.144. The van der Waals surface area contributed by atoms with Crippen molar-refractivity contribution in [1.29, 1.82) is 0 Å². The molecule has 0 atom stereocenters. The van der Waals surface area contributed by atoms with Gasteiger partial charge in [-0.05, 0) is 31.1 Å². The molecule has 32 heavy (non-hydrogen) atoms. The number of rotatable bonds is 5. The fraction of sp³-hybridized carbons (Fsp3) is 0.810. The minimum atomic E-state index is -4.63. The number of alkyl halides is 3. The molecule has 2 aliphatic heterocycles. The summed E-state index contributed by atoms with van der Waals surface area (Å²) in [5, 5.41) is 0. The average molecular weight is 476 g/mol. The third-order valence-corrected chi connectivity index (χ3v) is 8.40. The van der Waals surface area contributed by atoms with Gasteiger partial charge in [0.1, 0.15) is 11.6 Å². The molecule has 7 nitrogen and oxygen atoms in total. The lowest BCUT2D eigenvalue weighted by atomic mass is 9.69. The van der Waals surface area contributed by atoms with Gasteiger partial charge in [-0.1, -0.05) is 19.3 Å². The molecule has 1 saturated carbocycles. The highest BCUT2D eigenvalue weighted by Gasteiger charge is 2.40. The molecule has 1 aromatic heterocycles. The molecule has 0 aromatic carbocycles. The fourth-order valence-electron chi connectivity index (χ4n) is 5.41. The summed E-state index contributed by atoms with van der Waals surface area (Å²) in [5.74, 6) is -0.497. The van der Waals surface area contributed by atoms with E-state index < -0.39 is 22.0 Å². The van der Waals surface area contributed by atoms with Gasteiger partial charge in [-0.15, -0.1) is 0 Å². The smallest absolute Gasteiger partial charge is 0.359 e. The number of sulfonamides is 1. The first kappa shape index (κ1) is 23.5. The molecule has 3 fully saturated rings. The van der Waals surface area contributed by atoms with E-state index in [1.54, 1.807) is 18.0 Å². The van der Waals surface area contributed by atoms with Crippen LogP contribution in [-0.4, -0.2) is 68.7 Å². The number of anilines is 2. The van der Waals surface area contributed by atoms with Crippen LogP contribution in [0.5, 0.6) is 0 Å². The highest BCUT2D eigenvalue weighted by atomic mass is 32.2. The maximum atomic E-state index is 13.6. The summed E-state index contributed by atoms with van der Waals surface area (Å²) in [4.78, 5) is 11.4. The van der Waals surface area contributed by atoms with Gasteiger partial charge in [0, 0.05) is 51.8 Å². The third kappa shape index (κ3) is 5.13. The van der Waals surface area contributed by atoms with E-state index in [9.17, 15) is 21.6 Å². The van der Waals surface area contributed by atoms with Crippen LogP contribution in [0, 0.1) is 11.3 Å². The number of hydrogen-bond donors (Lipinski definition) is 0. The maximum absolute atomic E-state index is 13.6.